The van der Waals surface area contributed by atoms with Gasteiger partial charge >= 0.3 is 0 Å². The molecule has 1 heterocycles. The van der Waals surface area contributed by atoms with E-state index in [0.29, 0.717) is 6.04 Å². The molecule has 1 saturated carbocycles. The predicted octanol–water partition coefficient (Wildman–Crippen LogP) is 2.54. The molecule has 2 fully saturated rings. The molecule has 0 bridgehead atoms. The Morgan fingerprint density at radius 1 is 1.20 bits per heavy atom. The highest BCUT2D eigenvalue weighted by atomic mass is 32.2. The maximum absolute atomic E-state index is 5.75. The average molecular weight is 228 g/mol. The van der Waals surface area contributed by atoms with Crippen molar-refractivity contribution < 1.29 is 0 Å². The molecule has 0 aromatic heterocycles. The molecule has 88 valence electrons. The lowest BCUT2D eigenvalue weighted by Gasteiger charge is -2.35. The number of hydrazine groups is 1. The molecule has 0 radical (unpaired) electrons. The summed E-state index contributed by atoms with van der Waals surface area (Å²) in [5.41, 5.74) is 3.11. The van der Waals surface area contributed by atoms with Crippen molar-refractivity contribution in [2.75, 3.05) is 5.75 Å². The van der Waals surface area contributed by atoms with Crippen molar-refractivity contribution in [2.45, 2.75) is 56.7 Å². The molecule has 3 heteroatoms. The monoisotopic (exact) mass is 228 g/mol. The molecule has 2 rings (SSSR count). The van der Waals surface area contributed by atoms with Gasteiger partial charge in [-0.05, 0) is 43.3 Å². The van der Waals surface area contributed by atoms with Crippen LogP contribution in [0, 0.1) is 11.8 Å². The molecule has 1 aliphatic carbocycles. The van der Waals surface area contributed by atoms with E-state index in [1.807, 2.05) is 0 Å². The van der Waals surface area contributed by atoms with Crippen LogP contribution < -0.4 is 11.3 Å². The van der Waals surface area contributed by atoms with Crippen molar-refractivity contribution in [2.24, 2.45) is 17.7 Å². The Kier molecular flexibility index (Phi) is 4.35. The minimum absolute atomic E-state index is 0.574. The van der Waals surface area contributed by atoms with Crippen LogP contribution in [0.15, 0.2) is 0 Å². The number of nitrogens with two attached hydrogens (primary N) is 1. The number of hydrogen-bond acceptors (Lipinski definition) is 3. The van der Waals surface area contributed by atoms with Gasteiger partial charge in [-0.25, -0.2) is 0 Å². The first-order valence-electron chi connectivity index (χ1n) is 6.39. The molecule has 1 aliphatic heterocycles. The number of rotatable bonds is 3. The van der Waals surface area contributed by atoms with Gasteiger partial charge < -0.3 is 0 Å². The van der Waals surface area contributed by atoms with Gasteiger partial charge in [0, 0.05) is 11.3 Å². The van der Waals surface area contributed by atoms with E-state index in [0.717, 1.165) is 17.1 Å². The lowest BCUT2D eigenvalue weighted by Crippen LogP contribution is -2.47. The maximum Gasteiger partial charge on any atom is 0.0357 e. The van der Waals surface area contributed by atoms with Crippen LogP contribution in [0.5, 0.6) is 0 Å². The molecule has 0 spiro atoms. The average Bonchev–Trinajstić information content (AvgIpc) is 2.75. The van der Waals surface area contributed by atoms with Crippen LogP contribution in [-0.4, -0.2) is 17.0 Å². The standard InChI is InChI=1S/C12H24N2S/c1-9-4-6-10(7-5-9)12(14-13)11-3-2-8-15-11/h9-12,14H,2-8,13H2,1H3. The van der Waals surface area contributed by atoms with Crippen molar-refractivity contribution in [3.8, 4) is 0 Å². The van der Waals surface area contributed by atoms with E-state index < -0.39 is 0 Å². The van der Waals surface area contributed by atoms with Gasteiger partial charge in [-0.3, -0.25) is 11.3 Å². The lowest BCUT2D eigenvalue weighted by molar-refractivity contribution is 0.226. The minimum atomic E-state index is 0.574. The lowest BCUT2D eigenvalue weighted by atomic mass is 9.78. The van der Waals surface area contributed by atoms with Gasteiger partial charge in [0.1, 0.15) is 0 Å². The molecule has 0 aromatic carbocycles. The second kappa shape index (κ2) is 5.55. The first-order valence-corrected chi connectivity index (χ1v) is 7.44. The smallest absolute Gasteiger partial charge is 0.0357 e. The summed E-state index contributed by atoms with van der Waals surface area (Å²) in [6.45, 7) is 2.38. The first kappa shape index (κ1) is 11.7. The van der Waals surface area contributed by atoms with Crippen LogP contribution in [0.3, 0.4) is 0 Å². The third-order valence-electron chi connectivity index (χ3n) is 4.13. The molecule has 2 nitrogen and oxygen atoms in total. The van der Waals surface area contributed by atoms with Crippen molar-refractivity contribution in [3.05, 3.63) is 0 Å². The van der Waals surface area contributed by atoms with Gasteiger partial charge in [0.05, 0.1) is 0 Å². The summed E-state index contributed by atoms with van der Waals surface area (Å²) in [4.78, 5) is 0. The normalized spacial score (nSPS) is 39.2. The quantitative estimate of drug-likeness (QED) is 0.576. The zero-order valence-corrected chi connectivity index (χ0v) is 10.6. The fourth-order valence-corrected chi connectivity index (χ4v) is 4.56. The Labute approximate surface area is 97.7 Å². The second-order valence-electron chi connectivity index (χ2n) is 5.26. The zero-order chi connectivity index (χ0) is 10.7. The summed E-state index contributed by atoms with van der Waals surface area (Å²) in [7, 11) is 0. The summed E-state index contributed by atoms with van der Waals surface area (Å²) >= 11 is 2.13. The third-order valence-corrected chi connectivity index (χ3v) is 5.61. The first-order chi connectivity index (χ1) is 7.31. The van der Waals surface area contributed by atoms with E-state index in [1.165, 1.54) is 44.3 Å². The van der Waals surface area contributed by atoms with E-state index in [9.17, 15) is 0 Å². The fourth-order valence-electron chi connectivity index (χ4n) is 3.08. The van der Waals surface area contributed by atoms with E-state index in [-0.39, 0.29) is 0 Å². The molecule has 2 unspecified atom stereocenters. The Morgan fingerprint density at radius 2 is 1.93 bits per heavy atom. The summed E-state index contributed by atoms with van der Waals surface area (Å²) in [6, 6.07) is 0.574. The van der Waals surface area contributed by atoms with E-state index in [2.05, 4.69) is 24.1 Å². The van der Waals surface area contributed by atoms with Crippen LogP contribution in [0.2, 0.25) is 0 Å². The highest BCUT2D eigenvalue weighted by Crippen LogP contribution is 2.37. The van der Waals surface area contributed by atoms with Crippen LogP contribution >= 0.6 is 11.8 Å². The molecule has 0 aromatic rings. The van der Waals surface area contributed by atoms with Crippen LogP contribution in [0.4, 0.5) is 0 Å². The minimum Gasteiger partial charge on any atom is -0.271 e. The Morgan fingerprint density at radius 3 is 2.47 bits per heavy atom. The zero-order valence-electron chi connectivity index (χ0n) is 9.74. The SMILES string of the molecule is CC1CCC(C(NN)C2CCCS2)CC1. The number of nitrogens with one attached hydrogen (secondary N) is 1. The van der Waals surface area contributed by atoms with Gasteiger partial charge in [0.25, 0.3) is 0 Å². The van der Waals surface area contributed by atoms with Gasteiger partial charge in [-0.1, -0.05) is 19.8 Å². The summed E-state index contributed by atoms with van der Waals surface area (Å²) in [5, 5.41) is 0.786. The molecule has 0 amide bonds. The largest absolute Gasteiger partial charge is 0.271 e. The summed E-state index contributed by atoms with van der Waals surface area (Å²) < 4.78 is 0. The van der Waals surface area contributed by atoms with Gasteiger partial charge in [0.15, 0.2) is 0 Å². The third kappa shape index (κ3) is 2.89. The van der Waals surface area contributed by atoms with Gasteiger partial charge in [0.2, 0.25) is 0 Å². The fraction of sp³-hybridized carbons (Fsp3) is 1.00. The number of hydrogen-bond donors (Lipinski definition) is 2. The topological polar surface area (TPSA) is 38.0 Å². The van der Waals surface area contributed by atoms with Crippen molar-refractivity contribution >= 4 is 11.8 Å². The van der Waals surface area contributed by atoms with E-state index in [1.54, 1.807) is 0 Å². The van der Waals surface area contributed by atoms with E-state index >= 15 is 0 Å². The van der Waals surface area contributed by atoms with Gasteiger partial charge in [-0.2, -0.15) is 11.8 Å². The molecule has 15 heavy (non-hydrogen) atoms. The molecular formula is C12H24N2S. The molecule has 3 N–H and O–H groups in total. The predicted molar refractivity (Wildman–Crippen MR) is 67.7 cm³/mol. The van der Waals surface area contributed by atoms with Crippen LogP contribution in [-0.2, 0) is 0 Å². The van der Waals surface area contributed by atoms with Crippen LogP contribution in [0.25, 0.3) is 0 Å². The summed E-state index contributed by atoms with van der Waals surface area (Å²) in [6.07, 6.45) is 8.32. The molecular weight excluding hydrogens is 204 g/mol. The second-order valence-corrected chi connectivity index (χ2v) is 6.61. The Hall–Kier alpha value is 0.270. The highest BCUT2D eigenvalue weighted by molar-refractivity contribution is 8.00. The van der Waals surface area contributed by atoms with Crippen molar-refractivity contribution in [1.82, 2.24) is 5.43 Å². The summed E-state index contributed by atoms with van der Waals surface area (Å²) in [5.74, 6) is 8.87. The van der Waals surface area contributed by atoms with Crippen LogP contribution in [0.1, 0.15) is 45.4 Å². The maximum atomic E-state index is 5.75. The molecule has 2 atom stereocenters. The molecule has 2 aliphatic rings. The number of thioether (sulfide) groups is 1. The highest BCUT2D eigenvalue weighted by Gasteiger charge is 2.32. The van der Waals surface area contributed by atoms with E-state index in [4.69, 9.17) is 5.84 Å². The van der Waals surface area contributed by atoms with Gasteiger partial charge in [-0.15, -0.1) is 0 Å². The molecule has 1 saturated heterocycles. The van der Waals surface area contributed by atoms with Crippen molar-refractivity contribution in [1.29, 1.82) is 0 Å². The van der Waals surface area contributed by atoms with Crippen molar-refractivity contribution in [3.63, 3.8) is 0 Å². The Bertz CT molecular complexity index is 184. The Balaban J connectivity index is 1.88.